The van der Waals surface area contributed by atoms with E-state index in [-0.39, 0.29) is 0 Å². The highest BCUT2D eigenvalue weighted by molar-refractivity contribution is 5.80. The Hall–Kier alpha value is -2.20. The van der Waals surface area contributed by atoms with E-state index in [1.54, 1.807) is 6.20 Å². The first-order valence-electron chi connectivity index (χ1n) is 6.88. The molecule has 0 aliphatic heterocycles. The largest absolute Gasteiger partial charge is 0.338 e. The van der Waals surface area contributed by atoms with Crippen molar-refractivity contribution in [1.29, 1.82) is 0 Å². The maximum Gasteiger partial charge on any atom is 0.140 e. The quantitative estimate of drug-likeness (QED) is 0.762. The maximum atomic E-state index is 5.63. The van der Waals surface area contributed by atoms with Crippen molar-refractivity contribution in [1.82, 2.24) is 15.0 Å². The third kappa shape index (κ3) is 2.42. The van der Waals surface area contributed by atoms with Crippen LogP contribution in [0.4, 0.5) is 0 Å². The molecule has 0 amide bonds. The summed E-state index contributed by atoms with van der Waals surface area (Å²) in [6.45, 7) is 2.91. The van der Waals surface area contributed by atoms with Crippen molar-refractivity contribution >= 4 is 11.0 Å². The first kappa shape index (κ1) is 12.8. The number of nitrogens with zero attached hydrogens (tertiary/aromatic N) is 2. The van der Waals surface area contributed by atoms with Gasteiger partial charge < -0.3 is 10.7 Å². The molecule has 0 saturated heterocycles. The minimum atomic E-state index is 0.467. The number of aromatic amines is 1. The molecule has 0 aliphatic carbocycles. The highest BCUT2D eigenvalue weighted by atomic mass is 14.9. The van der Waals surface area contributed by atoms with E-state index in [1.807, 2.05) is 18.3 Å². The third-order valence-electron chi connectivity index (χ3n) is 3.61. The van der Waals surface area contributed by atoms with Gasteiger partial charge in [0.1, 0.15) is 5.82 Å². The van der Waals surface area contributed by atoms with Crippen LogP contribution in [0.15, 0.2) is 42.7 Å². The number of fused-ring (bicyclic) bond motifs is 1. The molecule has 2 aromatic heterocycles. The zero-order valence-electron chi connectivity index (χ0n) is 11.5. The standard InChI is InChI=1S/C16H18N4/c1-11(6-7-17)12-4-5-14-15(9-12)20-16(19-14)13-3-2-8-18-10-13/h2-5,8-11H,6-7,17H2,1H3,(H,19,20). The summed E-state index contributed by atoms with van der Waals surface area (Å²) < 4.78 is 0. The van der Waals surface area contributed by atoms with E-state index in [2.05, 4.69) is 40.1 Å². The second kappa shape index (κ2) is 5.43. The monoisotopic (exact) mass is 266 g/mol. The molecule has 2 heterocycles. The fourth-order valence-corrected chi connectivity index (χ4v) is 2.39. The molecular weight excluding hydrogens is 248 g/mol. The Morgan fingerprint density at radius 3 is 2.95 bits per heavy atom. The lowest BCUT2D eigenvalue weighted by Gasteiger charge is -2.09. The van der Waals surface area contributed by atoms with Gasteiger partial charge in [-0.3, -0.25) is 4.98 Å². The van der Waals surface area contributed by atoms with E-state index in [1.165, 1.54) is 5.56 Å². The SMILES string of the molecule is CC(CCN)c1ccc2nc(-c3cccnc3)[nH]c2c1. The van der Waals surface area contributed by atoms with Gasteiger partial charge in [0.2, 0.25) is 0 Å². The number of benzene rings is 1. The van der Waals surface area contributed by atoms with E-state index < -0.39 is 0 Å². The normalized spacial score (nSPS) is 12.7. The van der Waals surface area contributed by atoms with Crippen molar-refractivity contribution in [3.05, 3.63) is 48.3 Å². The Labute approximate surface area is 118 Å². The number of hydrogen-bond acceptors (Lipinski definition) is 3. The molecule has 102 valence electrons. The number of pyridine rings is 1. The van der Waals surface area contributed by atoms with Gasteiger partial charge in [0.15, 0.2) is 0 Å². The van der Waals surface area contributed by atoms with Gasteiger partial charge in [-0.2, -0.15) is 0 Å². The molecule has 0 bridgehead atoms. The summed E-state index contributed by atoms with van der Waals surface area (Å²) >= 11 is 0. The number of nitrogens with one attached hydrogen (secondary N) is 1. The molecule has 0 spiro atoms. The van der Waals surface area contributed by atoms with Crippen LogP contribution in [-0.4, -0.2) is 21.5 Å². The van der Waals surface area contributed by atoms with Crippen molar-refractivity contribution in [2.75, 3.05) is 6.54 Å². The molecule has 3 N–H and O–H groups in total. The summed E-state index contributed by atoms with van der Waals surface area (Å²) in [5, 5.41) is 0. The fourth-order valence-electron chi connectivity index (χ4n) is 2.39. The zero-order valence-corrected chi connectivity index (χ0v) is 11.5. The van der Waals surface area contributed by atoms with Crippen LogP contribution in [0.3, 0.4) is 0 Å². The van der Waals surface area contributed by atoms with Gasteiger partial charge in [-0.25, -0.2) is 4.98 Å². The van der Waals surface area contributed by atoms with Gasteiger partial charge in [0, 0.05) is 18.0 Å². The van der Waals surface area contributed by atoms with Gasteiger partial charge in [-0.1, -0.05) is 13.0 Å². The van der Waals surface area contributed by atoms with E-state index >= 15 is 0 Å². The van der Waals surface area contributed by atoms with Crippen LogP contribution in [0.1, 0.15) is 24.8 Å². The Morgan fingerprint density at radius 2 is 2.20 bits per heavy atom. The molecule has 1 aromatic carbocycles. The third-order valence-corrected chi connectivity index (χ3v) is 3.61. The summed E-state index contributed by atoms with van der Waals surface area (Å²) in [7, 11) is 0. The fraction of sp³-hybridized carbons (Fsp3) is 0.250. The van der Waals surface area contributed by atoms with E-state index in [0.717, 1.165) is 28.8 Å². The second-order valence-corrected chi connectivity index (χ2v) is 5.08. The first-order chi connectivity index (χ1) is 9.78. The summed E-state index contributed by atoms with van der Waals surface area (Å²) in [6, 6.07) is 10.3. The van der Waals surface area contributed by atoms with E-state index in [4.69, 9.17) is 5.73 Å². The Bertz CT molecular complexity index is 703. The molecular formula is C16H18N4. The number of aromatic nitrogens is 3. The molecule has 3 aromatic rings. The van der Waals surface area contributed by atoms with E-state index in [9.17, 15) is 0 Å². The Morgan fingerprint density at radius 1 is 1.30 bits per heavy atom. The van der Waals surface area contributed by atoms with Crippen LogP contribution in [0.5, 0.6) is 0 Å². The number of imidazole rings is 1. The highest BCUT2D eigenvalue weighted by Crippen LogP contribution is 2.24. The molecule has 0 saturated carbocycles. The van der Waals surface area contributed by atoms with Gasteiger partial charge in [0.05, 0.1) is 11.0 Å². The number of H-pyrrole nitrogens is 1. The van der Waals surface area contributed by atoms with Gasteiger partial charge in [-0.05, 0) is 48.7 Å². The molecule has 1 atom stereocenters. The summed E-state index contributed by atoms with van der Waals surface area (Å²) in [5.41, 5.74) is 9.97. The smallest absolute Gasteiger partial charge is 0.140 e. The van der Waals surface area contributed by atoms with Crippen molar-refractivity contribution in [3.63, 3.8) is 0 Å². The molecule has 20 heavy (non-hydrogen) atoms. The Balaban J connectivity index is 1.99. The Kier molecular flexibility index (Phi) is 3.48. The van der Waals surface area contributed by atoms with Crippen LogP contribution in [0.2, 0.25) is 0 Å². The predicted molar refractivity (Wildman–Crippen MR) is 81.4 cm³/mol. The molecule has 1 unspecified atom stereocenters. The maximum absolute atomic E-state index is 5.63. The second-order valence-electron chi connectivity index (χ2n) is 5.08. The highest BCUT2D eigenvalue weighted by Gasteiger charge is 2.09. The summed E-state index contributed by atoms with van der Waals surface area (Å²) in [6.07, 6.45) is 4.57. The van der Waals surface area contributed by atoms with Gasteiger partial charge >= 0.3 is 0 Å². The summed E-state index contributed by atoms with van der Waals surface area (Å²) in [4.78, 5) is 12.1. The lowest BCUT2D eigenvalue weighted by molar-refractivity contribution is 0.691. The average molecular weight is 266 g/mol. The van der Waals surface area contributed by atoms with Crippen molar-refractivity contribution in [3.8, 4) is 11.4 Å². The summed E-state index contributed by atoms with van der Waals surface area (Å²) in [5.74, 6) is 1.33. The average Bonchev–Trinajstić information content (AvgIpc) is 2.91. The molecule has 0 aliphatic rings. The first-order valence-corrected chi connectivity index (χ1v) is 6.88. The van der Waals surface area contributed by atoms with Crippen molar-refractivity contribution in [2.45, 2.75) is 19.3 Å². The van der Waals surface area contributed by atoms with E-state index in [0.29, 0.717) is 12.5 Å². The van der Waals surface area contributed by atoms with Crippen molar-refractivity contribution < 1.29 is 0 Å². The minimum absolute atomic E-state index is 0.467. The minimum Gasteiger partial charge on any atom is -0.338 e. The van der Waals surface area contributed by atoms with Crippen LogP contribution in [0, 0.1) is 0 Å². The van der Waals surface area contributed by atoms with Crippen LogP contribution in [-0.2, 0) is 0 Å². The van der Waals surface area contributed by atoms with Crippen LogP contribution < -0.4 is 5.73 Å². The van der Waals surface area contributed by atoms with Crippen LogP contribution >= 0.6 is 0 Å². The van der Waals surface area contributed by atoms with Crippen LogP contribution in [0.25, 0.3) is 22.4 Å². The lowest BCUT2D eigenvalue weighted by atomic mass is 9.97. The number of rotatable bonds is 4. The zero-order chi connectivity index (χ0) is 13.9. The molecule has 4 nitrogen and oxygen atoms in total. The van der Waals surface area contributed by atoms with Crippen molar-refractivity contribution in [2.24, 2.45) is 5.73 Å². The topological polar surface area (TPSA) is 67.6 Å². The van der Waals surface area contributed by atoms with Gasteiger partial charge in [-0.15, -0.1) is 0 Å². The predicted octanol–water partition coefficient (Wildman–Crippen LogP) is 3.08. The number of hydrogen-bond donors (Lipinski definition) is 2. The molecule has 3 rings (SSSR count). The molecule has 0 fully saturated rings. The number of nitrogens with two attached hydrogens (primary N) is 1. The van der Waals surface area contributed by atoms with Gasteiger partial charge in [0.25, 0.3) is 0 Å². The molecule has 0 radical (unpaired) electrons. The molecule has 4 heteroatoms. The lowest BCUT2D eigenvalue weighted by Crippen LogP contribution is -2.04.